The van der Waals surface area contributed by atoms with Gasteiger partial charge in [-0.25, -0.2) is 4.79 Å². The molecule has 0 bridgehead atoms. The number of esters is 1. The third-order valence-electron chi connectivity index (χ3n) is 6.02. The van der Waals surface area contributed by atoms with Gasteiger partial charge in [-0.2, -0.15) is 0 Å². The molecule has 0 saturated carbocycles. The van der Waals surface area contributed by atoms with Crippen LogP contribution in [0, 0.1) is 6.92 Å². The van der Waals surface area contributed by atoms with E-state index in [1.54, 1.807) is 31.2 Å². The molecule has 2 aromatic rings. The van der Waals surface area contributed by atoms with Crippen molar-refractivity contribution in [3.63, 3.8) is 0 Å². The van der Waals surface area contributed by atoms with Crippen LogP contribution >= 0.6 is 74.1 Å². The summed E-state index contributed by atoms with van der Waals surface area (Å²) in [6.45, 7) is 3.02. The maximum absolute atomic E-state index is 13.3. The molecule has 0 aliphatic carbocycles. The van der Waals surface area contributed by atoms with Crippen LogP contribution in [-0.2, 0) is 14.3 Å². The SMILES string of the molecule is Cc1onc(-c2ccccc2Cl)c1C(=O)NC1C(=O)N2C(C(=O)OCC(Cl)(Cl)Cl)C(C)(CCBr)S[C@@H]12. The first-order valence-corrected chi connectivity index (χ1v) is 14.2. The Morgan fingerprint density at radius 3 is 2.67 bits per heavy atom. The van der Waals surface area contributed by atoms with E-state index in [1.165, 1.54) is 16.7 Å². The van der Waals surface area contributed by atoms with Gasteiger partial charge < -0.3 is 19.5 Å². The molecule has 3 heterocycles. The third kappa shape index (κ3) is 5.22. The number of hydrogen-bond acceptors (Lipinski definition) is 7. The number of alkyl halides is 4. The second-order valence-electron chi connectivity index (χ2n) is 8.52. The predicted octanol–water partition coefficient (Wildman–Crippen LogP) is 5.14. The Bertz CT molecular complexity index is 1210. The number of carbonyl (C=O) groups is 3. The number of halogens is 5. The van der Waals surface area contributed by atoms with E-state index in [9.17, 15) is 14.4 Å². The van der Waals surface area contributed by atoms with Crippen molar-refractivity contribution >= 4 is 91.9 Å². The Hall–Kier alpha value is -1.17. The molecule has 3 unspecified atom stereocenters. The molecular weight excluding hydrogens is 640 g/mol. The number of fused-ring (bicyclic) bond motifs is 1. The van der Waals surface area contributed by atoms with E-state index in [0.717, 1.165) is 0 Å². The minimum absolute atomic E-state index is 0.180. The lowest BCUT2D eigenvalue weighted by atomic mass is 9.92. The number of aromatic nitrogens is 1. The highest BCUT2D eigenvalue weighted by Crippen LogP contribution is 2.53. The summed E-state index contributed by atoms with van der Waals surface area (Å²) in [6.07, 6.45) is 0.549. The Morgan fingerprint density at radius 2 is 2.03 bits per heavy atom. The quantitative estimate of drug-likeness (QED) is 0.250. The van der Waals surface area contributed by atoms with E-state index >= 15 is 0 Å². The summed E-state index contributed by atoms with van der Waals surface area (Å²) in [6, 6.07) is 5.15. The van der Waals surface area contributed by atoms with Crippen LogP contribution in [0.1, 0.15) is 29.5 Å². The molecule has 0 radical (unpaired) electrons. The fraction of sp³-hybridized carbons (Fsp3) is 0.455. The van der Waals surface area contributed by atoms with Crippen molar-refractivity contribution in [2.24, 2.45) is 0 Å². The number of β-lactam (4-membered cyclic amide) rings is 1. The second-order valence-corrected chi connectivity index (χ2v) is 13.9. The third-order valence-corrected chi connectivity index (χ3v) is 8.78. The van der Waals surface area contributed by atoms with Crippen LogP contribution in [0.25, 0.3) is 11.3 Å². The number of benzene rings is 1. The molecule has 2 amide bonds. The van der Waals surface area contributed by atoms with Crippen molar-refractivity contribution in [2.45, 2.75) is 46.3 Å². The van der Waals surface area contributed by atoms with Gasteiger partial charge in [0.15, 0.2) is 0 Å². The maximum Gasteiger partial charge on any atom is 0.330 e. The molecular formula is C22H20BrCl4N3O5S. The molecule has 2 saturated heterocycles. The Balaban J connectivity index is 1.56. The number of nitrogens with zero attached hydrogens (tertiary/aromatic N) is 2. The lowest BCUT2D eigenvalue weighted by Gasteiger charge is -2.44. The zero-order chi connectivity index (χ0) is 26.4. The van der Waals surface area contributed by atoms with E-state index in [2.05, 4.69) is 26.4 Å². The summed E-state index contributed by atoms with van der Waals surface area (Å²) < 4.78 is 8.02. The number of amides is 2. The predicted molar refractivity (Wildman–Crippen MR) is 143 cm³/mol. The van der Waals surface area contributed by atoms with Crippen LogP contribution < -0.4 is 5.32 Å². The molecule has 0 spiro atoms. The molecule has 2 fully saturated rings. The number of thioether (sulfide) groups is 1. The maximum atomic E-state index is 13.3. The van der Waals surface area contributed by atoms with Crippen molar-refractivity contribution < 1.29 is 23.6 Å². The van der Waals surface area contributed by atoms with Crippen LogP contribution in [0.3, 0.4) is 0 Å². The fourth-order valence-corrected chi connectivity index (χ4v) is 7.57. The summed E-state index contributed by atoms with van der Waals surface area (Å²) in [5, 5.41) is 7.29. The van der Waals surface area contributed by atoms with Crippen molar-refractivity contribution in [3.8, 4) is 11.3 Å². The number of nitrogens with one attached hydrogen (secondary N) is 1. The van der Waals surface area contributed by atoms with Crippen LogP contribution in [-0.4, -0.2) is 65.8 Å². The molecule has 2 aliphatic heterocycles. The number of carbonyl (C=O) groups excluding carboxylic acids is 3. The first-order valence-electron chi connectivity index (χ1n) is 10.7. The van der Waals surface area contributed by atoms with Crippen molar-refractivity contribution in [1.29, 1.82) is 0 Å². The number of ether oxygens (including phenoxy) is 1. The minimum Gasteiger partial charge on any atom is -0.460 e. The molecule has 14 heteroatoms. The molecule has 4 atom stereocenters. The molecule has 8 nitrogen and oxygen atoms in total. The van der Waals surface area contributed by atoms with Gasteiger partial charge in [0.1, 0.15) is 41.1 Å². The van der Waals surface area contributed by atoms with Crippen molar-refractivity contribution in [3.05, 3.63) is 40.6 Å². The highest BCUT2D eigenvalue weighted by Gasteiger charge is 2.65. The average Bonchev–Trinajstić information content (AvgIpc) is 3.31. The van der Waals surface area contributed by atoms with Crippen LogP contribution in [0.4, 0.5) is 0 Å². The zero-order valence-corrected chi connectivity index (χ0v) is 24.3. The number of aryl methyl sites for hydroxylation is 1. The first-order chi connectivity index (χ1) is 16.9. The Labute approximate surface area is 239 Å². The minimum atomic E-state index is -1.78. The lowest BCUT2D eigenvalue weighted by Crippen LogP contribution is -2.70. The topological polar surface area (TPSA) is 102 Å². The van der Waals surface area contributed by atoms with Gasteiger partial charge in [0.05, 0.1) is 5.02 Å². The van der Waals surface area contributed by atoms with Gasteiger partial charge >= 0.3 is 5.97 Å². The number of rotatable bonds is 7. The van der Waals surface area contributed by atoms with Gasteiger partial charge in [0, 0.05) is 15.6 Å². The van der Waals surface area contributed by atoms with Gasteiger partial charge in [0.2, 0.25) is 9.70 Å². The van der Waals surface area contributed by atoms with Gasteiger partial charge in [-0.15, -0.1) is 11.8 Å². The second kappa shape index (κ2) is 10.5. The average molecular weight is 660 g/mol. The highest BCUT2D eigenvalue weighted by atomic mass is 79.9. The highest BCUT2D eigenvalue weighted by molar-refractivity contribution is 9.09. The van der Waals surface area contributed by atoms with Crippen molar-refractivity contribution in [1.82, 2.24) is 15.4 Å². The van der Waals surface area contributed by atoms with Crippen LogP contribution in [0.2, 0.25) is 5.02 Å². The van der Waals surface area contributed by atoms with Gasteiger partial charge in [-0.3, -0.25) is 9.59 Å². The van der Waals surface area contributed by atoms with E-state index in [1.807, 2.05) is 6.92 Å². The van der Waals surface area contributed by atoms with Gasteiger partial charge in [-0.05, 0) is 26.3 Å². The fourth-order valence-electron chi connectivity index (χ4n) is 4.32. The van der Waals surface area contributed by atoms with Gasteiger partial charge in [-0.1, -0.05) is 85.7 Å². The molecule has 2 aliphatic rings. The summed E-state index contributed by atoms with van der Waals surface area (Å²) in [5.41, 5.74) is 0.981. The lowest BCUT2D eigenvalue weighted by molar-refractivity contribution is -0.163. The molecule has 194 valence electrons. The summed E-state index contributed by atoms with van der Waals surface area (Å²) in [7, 11) is 0. The first kappa shape index (κ1) is 27.9. The summed E-state index contributed by atoms with van der Waals surface area (Å²) in [5.74, 6) is -1.34. The molecule has 1 aromatic heterocycles. The van der Waals surface area contributed by atoms with Crippen LogP contribution in [0.5, 0.6) is 0 Å². The monoisotopic (exact) mass is 657 g/mol. The molecule has 1 N–H and O–H groups in total. The summed E-state index contributed by atoms with van der Waals surface area (Å²) in [4.78, 5) is 40.9. The van der Waals surface area contributed by atoms with E-state index in [0.29, 0.717) is 22.3 Å². The van der Waals surface area contributed by atoms with E-state index in [-0.39, 0.29) is 17.0 Å². The van der Waals surface area contributed by atoms with Crippen LogP contribution in [0.15, 0.2) is 28.8 Å². The summed E-state index contributed by atoms with van der Waals surface area (Å²) >= 11 is 28.3. The van der Waals surface area contributed by atoms with E-state index in [4.69, 9.17) is 55.7 Å². The van der Waals surface area contributed by atoms with E-state index < -0.39 is 50.4 Å². The Kier molecular flexibility index (Phi) is 8.15. The molecule has 1 aromatic carbocycles. The zero-order valence-electron chi connectivity index (χ0n) is 18.9. The van der Waals surface area contributed by atoms with Gasteiger partial charge in [0.25, 0.3) is 5.91 Å². The molecule has 36 heavy (non-hydrogen) atoms. The largest absolute Gasteiger partial charge is 0.460 e. The number of hydrogen-bond donors (Lipinski definition) is 1. The standard InChI is InChI=1S/C22H20BrCl4N3O5S/c1-10-13(14(29-35-10)11-5-3-4-6-12(11)24)17(31)28-15-18(32)30-16(20(33)34-9-22(25,26)27)21(2,7-8-23)36-19(15)30/h3-6,15-16,19H,7-9H2,1-2H3,(H,28,31)/t15?,16?,19-,21?/m0/s1. The van der Waals surface area contributed by atoms with Crippen molar-refractivity contribution in [2.75, 3.05) is 11.9 Å². The smallest absolute Gasteiger partial charge is 0.330 e. The molecule has 4 rings (SSSR count). The normalized spacial score (nSPS) is 25.4. The Morgan fingerprint density at radius 1 is 1.33 bits per heavy atom.